The molecule has 0 spiro atoms. The van der Waals surface area contributed by atoms with E-state index in [1.165, 1.54) is 4.90 Å². The fourth-order valence-corrected chi connectivity index (χ4v) is 3.66. The van der Waals surface area contributed by atoms with Gasteiger partial charge in [0, 0.05) is 24.9 Å². The van der Waals surface area contributed by atoms with Crippen LogP contribution in [0.2, 0.25) is 0 Å². The van der Waals surface area contributed by atoms with E-state index in [0.29, 0.717) is 0 Å². The highest BCUT2D eigenvalue weighted by Crippen LogP contribution is 2.31. The van der Waals surface area contributed by atoms with Crippen LogP contribution in [0.1, 0.15) is 59.8 Å². The summed E-state index contributed by atoms with van der Waals surface area (Å²) in [5, 5.41) is 22.3. The van der Waals surface area contributed by atoms with Crippen LogP contribution in [-0.4, -0.2) is 46.6 Å². The van der Waals surface area contributed by atoms with Crippen LogP contribution < -0.4 is 5.32 Å². The van der Waals surface area contributed by atoms with Crippen LogP contribution in [0, 0.1) is 28.6 Å². The number of aliphatic hydroxyl groups excluding tert-OH is 1. The van der Waals surface area contributed by atoms with E-state index in [2.05, 4.69) is 11.4 Å². The molecule has 5 atom stereocenters. The minimum absolute atomic E-state index is 0.0929. The van der Waals surface area contributed by atoms with Crippen molar-refractivity contribution >= 4 is 11.8 Å². The van der Waals surface area contributed by atoms with E-state index in [0.717, 1.165) is 25.7 Å². The van der Waals surface area contributed by atoms with Crippen molar-refractivity contribution < 1.29 is 14.7 Å². The number of nitriles is 1. The summed E-state index contributed by atoms with van der Waals surface area (Å²) in [5.74, 6) is -0.737. The Morgan fingerprint density at radius 3 is 2.52 bits per heavy atom. The average Bonchev–Trinajstić information content (AvgIpc) is 2.95. The number of likely N-dealkylation sites (tertiary alicyclic amines) is 1. The number of carbonyl (C=O) groups is 2. The number of hydrogen-bond acceptors (Lipinski definition) is 4. The predicted octanol–water partition coefficient (Wildman–Crippen LogP) is 1.83. The summed E-state index contributed by atoms with van der Waals surface area (Å²) >= 11 is 0. The molecule has 0 bridgehead atoms. The highest BCUT2D eigenvalue weighted by atomic mass is 16.3. The second-order valence-electron chi connectivity index (χ2n) is 8.62. The molecule has 2 fully saturated rings. The maximum atomic E-state index is 12.8. The summed E-state index contributed by atoms with van der Waals surface area (Å²) in [6, 6.07) is 1.49. The number of nitrogens with one attached hydrogen (secondary N) is 1. The number of β-amino-alcohol motifs (C(OH)–C–C–N with tert-alkyl or cyclic N) is 1. The van der Waals surface area contributed by atoms with Crippen LogP contribution >= 0.6 is 0 Å². The molecule has 25 heavy (non-hydrogen) atoms. The van der Waals surface area contributed by atoms with Gasteiger partial charge in [0.1, 0.15) is 6.04 Å². The van der Waals surface area contributed by atoms with Crippen LogP contribution in [0.3, 0.4) is 0 Å². The Labute approximate surface area is 150 Å². The number of hydrogen-bond donors (Lipinski definition) is 2. The smallest absolute Gasteiger partial charge is 0.243 e. The second-order valence-corrected chi connectivity index (χ2v) is 8.62. The predicted molar refractivity (Wildman–Crippen MR) is 94.2 cm³/mol. The molecule has 0 aromatic heterocycles. The third-order valence-electron chi connectivity index (χ3n) is 5.79. The van der Waals surface area contributed by atoms with E-state index < -0.39 is 12.1 Å². The van der Waals surface area contributed by atoms with Gasteiger partial charge in [-0.1, -0.05) is 40.5 Å². The fourth-order valence-electron chi connectivity index (χ4n) is 3.66. The van der Waals surface area contributed by atoms with E-state index in [4.69, 9.17) is 0 Å². The van der Waals surface area contributed by atoms with Gasteiger partial charge in [0.15, 0.2) is 0 Å². The molecular weight excluding hydrogens is 318 g/mol. The Morgan fingerprint density at radius 2 is 1.92 bits per heavy atom. The molecule has 2 aliphatic rings. The van der Waals surface area contributed by atoms with Crippen LogP contribution in [0.25, 0.3) is 0 Å². The van der Waals surface area contributed by atoms with E-state index in [1.807, 2.05) is 27.7 Å². The highest BCUT2D eigenvalue weighted by Gasteiger charge is 2.43. The second kappa shape index (κ2) is 7.74. The lowest BCUT2D eigenvalue weighted by molar-refractivity contribution is -0.144. The van der Waals surface area contributed by atoms with Gasteiger partial charge >= 0.3 is 0 Å². The van der Waals surface area contributed by atoms with Gasteiger partial charge in [-0.2, -0.15) is 5.26 Å². The number of aliphatic hydroxyl groups is 1. The summed E-state index contributed by atoms with van der Waals surface area (Å²) in [5.41, 5.74) is -0.207. The minimum Gasteiger partial charge on any atom is -0.391 e. The van der Waals surface area contributed by atoms with Gasteiger partial charge in [-0.15, -0.1) is 0 Å². The number of nitrogens with zero attached hydrogens (tertiary/aromatic N) is 2. The Kier molecular flexibility index (Phi) is 6.10. The van der Waals surface area contributed by atoms with E-state index in [-0.39, 0.29) is 48.1 Å². The molecule has 2 N–H and O–H groups in total. The summed E-state index contributed by atoms with van der Waals surface area (Å²) in [6.07, 6.45) is 3.20. The molecule has 1 aliphatic heterocycles. The number of carbonyl (C=O) groups excluding carboxylic acids is 2. The molecule has 6 heteroatoms. The Balaban J connectivity index is 2.08. The first-order chi connectivity index (χ1) is 11.6. The first kappa shape index (κ1) is 19.7. The SMILES string of the molecule is CC(C(=O)N1CC(O)CC1C(=O)NC1CCCCC1C#N)C(C)(C)C. The fraction of sp³-hybridized carbons (Fsp3) is 0.842. The highest BCUT2D eigenvalue weighted by molar-refractivity contribution is 5.89. The molecule has 140 valence electrons. The zero-order valence-corrected chi connectivity index (χ0v) is 15.8. The lowest BCUT2D eigenvalue weighted by Gasteiger charge is -2.34. The van der Waals surface area contributed by atoms with Crippen molar-refractivity contribution in [2.45, 2.75) is 78.0 Å². The van der Waals surface area contributed by atoms with Crippen molar-refractivity contribution in [3.05, 3.63) is 0 Å². The van der Waals surface area contributed by atoms with Crippen molar-refractivity contribution in [2.24, 2.45) is 17.3 Å². The molecule has 0 aromatic rings. The third kappa shape index (κ3) is 4.52. The summed E-state index contributed by atoms with van der Waals surface area (Å²) in [6.45, 7) is 8.06. The molecule has 2 rings (SSSR count). The molecule has 1 saturated carbocycles. The molecular formula is C19H31N3O3. The van der Waals surface area contributed by atoms with Gasteiger partial charge in [0.2, 0.25) is 11.8 Å². The quantitative estimate of drug-likeness (QED) is 0.813. The molecule has 1 aliphatic carbocycles. The maximum Gasteiger partial charge on any atom is 0.243 e. The number of rotatable bonds is 3. The largest absolute Gasteiger partial charge is 0.391 e. The van der Waals surface area contributed by atoms with Crippen molar-refractivity contribution in [3.63, 3.8) is 0 Å². The van der Waals surface area contributed by atoms with E-state index in [9.17, 15) is 20.0 Å². The summed E-state index contributed by atoms with van der Waals surface area (Å²) in [7, 11) is 0. The van der Waals surface area contributed by atoms with Gasteiger partial charge < -0.3 is 15.3 Å². The first-order valence-corrected chi connectivity index (χ1v) is 9.33. The zero-order chi connectivity index (χ0) is 18.8. The monoisotopic (exact) mass is 349 g/mol. The molecule has 6 nitrogen and oxygen atoms in total. The van der Waals surface area contributed by atoms with E-state index in [1.54, 1.807) is 0 Å². The van der Waals surface area contributed by atoms with Crippen molar-refractivity contribution in [3.8, 4) is 6.07 Å². The van der Waals surface area contributed by atoms with E-state index >= 15 is 0 Å². The lowest BCUT2D eigenvalue weighted by atomic mass is 9.81. The average molecular weight is 349 g/mol. The molecule has 0 aromatic carbocycles. The first-order valence-electron chi connectivity index (χ1n) is 9.33. The lowest BCUT2D eigenvalue weighted by Crippen LogP contribution is -2.52. The summed E-state index contributed by atoms with van der Waals surface area (Å²) in [4.78, 5) is 27.2. The maximum absolute atomic E-state index is 12.8. The number of amides is 2. The minimum atomic E-state index is -0.676. The van der Waals surface area contributed by atoms with Crippen molar-refractivity contribution in [1.82, 2.24) is 10.2 Å². The van der Waals surface area contributed by atoms with Crippen LogP contribution in [0.5, 0.6) is 0 Å². The van der Waals surface area contributed by atoms with Crippen LogP contribution in [0.4, 0.5) is 0 Å². The topological polar surface area (TPSA) is 93.4 Å². The Morgan fingerprint density at radius 1 is 1.28 bits per heavy atom. The van der Waals surface area contributed by atoms with Crippen molar-refractivity contribution in [2.75, 3.05) is 6.54 Å². The summed E-state index contributed by atoms with van der Waals surface area (Å²) < 4.78 is 0. The van der Waals surface area contributed by atoms with Gasteiger partial charge in [-0.3, -0.25) is 9.59 Å². The molecule has 2 amide bonds. The Hall–Kier alpha value is -1.61. The van der Waals surface area contributed by atoms with Crippen LogP contribution in [0.15, 0.2) is 0 Å². The Bertz CT molecular complexity index is 549. The van der Waals surface area contributed by atoms with Gasteiger partial charge in [0.25, 0.3) is 0 Å². The van der Waals surface area contributed by atoms with Gasteiger partial charge in [-0.25, -0.2) is 0 Å². The van der Waals surface area contributed by atoms with Crippen molar-refractivity contribution in [1.29, 1.82) is 5.26 Å². The standard InChI is InChI=1S/C19H31N3O3/c1-12(19(2,3)4)18(25)22-11-14(23)9-16(22)17(24)21-15-8-6-5-7-13(15)10-20/h12-16,23H,5-9,11H2,1-4H3,(H,21,24). The third-order valence-corrected chi connectivity index (χ3v) is 5.79. The molecule has 5 unspecified atom stereocenters. The molecule has 0 radical (unpaired) electrons. The van der Waals surface area contributed by atoms with Crippen LogP contribution in [-0.2, 0) is 9.59 Å². The molecule has 1 heterocycles. The zero-order valence-electron chi connectivity index (χ0n) is 15.8. The normalized spacial score (nSPS) is 31.3. The molecule has 1 saturated heterocycles. The van der Waals surface area contributed by atoms with Gasteiger partial charge in [-0.05, 0) is 18.3 Å². The van der Waals surface area contributed by atoms with Gasteiger partial charge in [0.05, 0.1) is 18.1 Å².